The van der Waals surface area contributed by atoms with Gasteiger partial charge in [0.1, 0.15) is 11.4 Å². The van der Waals surface area contributed by atoms with Gasteiger partial charge in [-0.2, -0.15) is 4.31 Å². The zero-order chi connectivity index (χ0) is 22.6. The van der Waals surface area contributed by atoms with Gasteiger partial charge >= 0.3 is 6.09 Å². The number of sulfonamides is 1. The van der Waals surface area contributed by atoms with Crippen molar-refractivity contribution in [2.45, 2.75) is 32.9 Å². The predicted molar refractivity (Wildman–Crippen MR) is 119 cm³/mol. The standard InChI is InChI=1S/C21H29N5O4S/c1-21(2,3)30-20(27)23-17-14-22-18(24-19(17)16-8-6-5-7-9-16)15-25-10-12-26(13-11-25)31(4,28)29/h5-9,14H,10-13,15H2,1-4H3,(H,23,27). The first-order chi connectivity index (χ1) is 14.5. The van der Waals surface area contributed by atoms with Crippen molar-refractivity contribution in [3.05, 3.63) is 42.4 Å². The lowest BCUT2D eigenvalue weighted by atomic mass is 10.1. The zero-order valence-electron chi connectivity index (χ0n) is 18.3. The maximum Gasteiger partial charge on any atom is 0.412 e. The lowest BCUT2D eigenvalue weighted by Gasteiger charge is -2.32. The molecule has 2 heterocycles. The first-order valence-electron chi connectivity index (χ1n) is 10.1. The van der Waals surface area contributed by atoms with Gasteiger partial charge in [0, 0.05) is 31.7 Å². The fourth-order valence-electron chi connectivity index (χ4n) is 3.23. The number of rotatable bonds is 5. The van der Waals surface area contributed by atoms with Crippen molar-refractivity contribution in [2.24, 2.45) is 0 Å². The summed E-state index contributed by atoms with van der Waals surface area (Å²) >= 11 is 0. The summed E-state index contributed by atoms with van der Waals surface area (Å²) in [5, 5.41) is 2.75. The largest absolute Gasteiger partial charge is 0.444 e. The minimum Gasteiger partial charge on any atom is -0.444 e. The topological polar surface area (TPSA) is 105 Å². The lowest BCUT2D eigenvalue weighted by molar-refractivity contribution is 0.0636. The molecule has 1 aliphatic rings. The second-order valence-electron chi connectivity index (χ2n) is 8.48. The molecule has 0 spiro atoms. The third kappa shape index (κ3) is 6.71. The van der Waals surface area contributed by atoms with Crippen molar-refractivity contribution in [3.8, 4) is 11.3 Å². The number of hydrogen-bond acceptors (Lipinski definition) is 7. The Bertz CT molecular complexity index is 1010. The minimum absolute atomic E-state index is 0.447. The van der Waals surface area contributed by atoms with Gasteiger partial charge in [0.2, 0.25) is 10.0 Å². The van der Waals surface area contributed by atoms with Crippen LogP contribution >= 0.6 is 0 Å². The number of carbonyl (C=O) groups excluding carboxylic acids is 1. The average molecular weight is 448 g/mol. The molecular weight excluding hydrogens is 418 g/mol. The van der Waals surface area contributed by atoms with Crippen LogP contribution in [0.25, 0.3) is 11.3 Å². The molecule has 0 atom stereocenters. The van der Waals surface area contributed by atoms with Crippen LogP contribution in [0.4, 0.5) is 10.5 Å². The molecule has 1 aliphatic heterocycles. The van der Waals surface area contributed by atoms with E-state index in [1.54, 1.807) is 27.0 Å². The number of nitrogens with one attached hydrogen (secondary N) is 1. The Labute approximate surface area is 183 Å². The maximum absolute atomic E-state index is 12.3. The number of piperazine rings is 1. The number of hydrogen-bond donors (Lipinski definition) is 1. The van der Waals surface area contributed by atoms with E-state index in [0.29, 0.717) is 49.9 Å². The molecule has 31 heavy (non-hydrogen) atoms. The summed E-state index contributed by atoms with van der Waals surface area (Å²) in [6, 6.07) is 9.54. The Morgan fingerprint density at radius 2 is 1.77 bits per heavy atom. The second kappa shape index (κ2) is 9.29. The molecule has 3 rings (SSSR count). The zero-order valence-corrected chi connectivity index (χ0v) is 19.1. The highest BCUT2D eigenvalue weighted by molar-refractivity contribution is 7.88. The molecule has 0 bridgehead atoms. The van der Waals surface area contributed by atoms with E-state index in [2.05, 4.69) is 15.2 Å². The molecule has 2 aromatic rings. The Morgan fingerprint density at radius 1 is 1.13 bits per heavy atom. The van der Waals surface area contributed by atoms with Crippen molar-refractivity contribution in [1.29, 1.82) is 0 Å². The van der Waals surface area contributed by atoms with Crippen molar-refractivity contribution >= 4 is 21.8 Å². The number of carbonyl (C=O) groups is 1. The van der Waals surface area contributed by atoms with Crippen LogP contribution in [-0.4, -0.2) is 71.7 Å². The van der Waals surface area contributed by atoms with Crippen LogP contribution in [0.1, 0.15) is 26.6 Å². The summed E-state index contributed by atoms with van der Waals surface area (Å²) in [6.07, 6.45) is 2.24. The number of aromatic nitrogens is 2. The normalized spacial score (nSPS) is 16.1. The second-order valence-corrected chi connectivity index (χ2v) is 10.5. The molecule has 0 unspecified atom stereocenters. The van der Waals surface area contributed by atoms with Gasteiger partial charge in [0.05, 0.1) is 30.4 Å². The van der Waals surface area contributed by atoms with E-state index in [9.17, 15) is 13.2 Å². The quantitative estimate of drug-likeness (QED) is 0.751. The van der Waals surface area contributed by atoms with E-state index in [1.165, 1.54) is 10.6 Å². The minimum atomic E-state index is -3.17. The molecule has 1 aromatic carbocycles. The highest BCUT2D eigenvalue weighted by Gasteiger charge is 2.24. The van der Waals surface area contributed by atoms with Crippen LogP contribution in [0.5, 0.6) is 0 Å². The lowest BCUT2D eigenvalue weighted by Crippen LogP contribution is -2.48. The number of amides is 1. The number of ether oxygens (including phenoxy) is 1. The Balaban J connectivity index is 1.78. The van der Waals surface area contributed by atoms with Gasteiger partial charge in [-0.05, 0) is 20.8 Å². The third-order valence-electron chi connectivity index (χ3n) is 4.69. The van der Waals surface area contributed by atoms with Crippen LogP contribution in [-0.2, 0) is 21.3 Å². The van der Waals surface area contributed by atoms with Crippen LogP contribution in [0.3, 0.4) is 0 Å². The van der Waals surface area contributed by atoms with Gasteiger partial charge in [0.25, 0.3) is 0 Å². The molecule has 1 N–H and O–H groups in total. The van der Waals surface area contributed by atoms with Crippen molar-refractivity contribution < 1.29 is 17.9 Å². The fourth-order valence-corrected chi connectivity index (χ4v) is 4.06. The van der Waals surface area contributed by atoms with Gasteiger partial charge in [-0.15, -0.1) is 0 Å². The van der Waals surface area contributed by atoms with Crippen LogP contribution in [0.2, 0.25) is 0 Å². The summed E-state index contributed by atoms with van der Waals surface area (Å²) < 4.78 is 30.2. The van der Waals surface area contributed by atoms with E-state index in [4.69, 9.17) is 9.72 Å². The van der Waals surface area contributed by atoms with E-state index >= 15 is 0 Å². The predicted octanol–water partition coefficient (Wildman–Crippen LogP) is 2.57. The first kappa shape index (κ1) is 23.1. The van der Waals surface area contributed by atoms with E-state index in [-0.39, 0.29) is 0 Å². The molecule has 1 aromatic heterocycles. The molecule has 0 aliphatic carbocycles. The van der Waals surface area contributed by atoms with Gasteiger partial charge in [-0.25, -0.2) is 23.2 Å². The Kier molecular flexibility index (Phi) is 6.93. The molecule has 1 saturated heterocycles. The number of nitrogens with zero attached hydrogens (tertiary/aromatic N) is 4. The van der Waals surface area contributed by atoms with E-state index in [0.717, 1.165) is 5.56 Å². The number of anilines is 1. The number of benzene rings is 1. The molecular formula is C21H29N5O4S. The van der Waals surface area contributed by atoms with Crippen molar-refractivity contribution in [1.82, 2.24) is 19.2 Å². The molecule has 1 amide bonds. The van der Waals surface area contributed by atoms with Crippen LogP contribution < -0.4 is 5.32 Å². The molecule has 0 saturated carbocycles. The smallest absolute Gasteiger partial charge is 0.412 e. The fraction of sp³-hybridized carbons (Fsp3) is 0.476. The van der Waals surface area contributed by atoms with Crippen LogP contribution in [0, 0.1) is 0 Å². The van der Waals surface area contributed by atoms with E-state index < -0.39 is 21.7 Å². The van der Waals surface area contributed by atoms with Crippen LogP contribution in [0.15, 0.2) is 36.5 Å². The summed E-state index contributed by atoms with van der Waals surface area (Å²) in [4.78, 5) is 23.5. The Hall–Kier alpha value is -2.56. The first-order valence-corrected chi connectivity index (χ1v) is 11.9. The molecule has 9 nitrogen and oxygen atoms in total. The molecule has 1 fully saturated rings. The third-order valence-corrected chi connectivity index (χ3v) is 5.99. The van der Waals surface area contributed by atoms with E-state index in [1.807, 2.05) is 30.3 Å². The summed E-state index contributed by atoms with van der Waals surface area (Å²) in [6.45, 7) is 7.99. The molecule has 10 heteroatoms. The SMILES string of the molecule is CC(C)(C)OC(=O)Nc1cnc(CN2CCN(S(C)(=O)=O)CC2)nc1-c1ccccc1. The molecule has 168 valence electrons. The monoisotopic (exact) mass is 447 g/mol. The Morgan fingerprint density at radius 3 is 2.35 bits per heavy atom. The maximum atomic E-state index is 12.3. The van der Waals surface area contributed by atoms with Gasteiger partial charge in [-0.3, -0.25) is 10.2 Å². The summed E-state index contributed by atoms with van der Waals surface area (Å²) in [7, 11) is -3.17. The molecule has 0 radical (unpaired) electrons. The highest BCUT2D eigenvalue weighted by atomic mass is 32.2. The van der Waals surface area contributed by atoms with Crippen molar-refractivity contribution in [3.63, 3.8) is 0 Å². The van der Waals surface area contributed by atoms with Crippen molar-refractivity contribution in [2.75, 3.05) is 37.8 Å². The van der Waals surface area contributed by atoms with Gasteiger partial charge < -0.3 is 4.74 Å². The highest BCUT2D eigenvalue weighted by Crippen LogP contribution is 2.26. The van der Waals surface area contributed by atoms with Gasteiger partial charge in [0.15, 0.2) is 0 Å². The summed E-state index contributed by atoms with van der Waals surface area (Å²) in [5.41, 5.74) is 1.29. The summed E-state index contributed by atoms with van der Waals surface area (Å²) in [5.74, 6) is 0.599. The average Bonchev–Trinajstić information content (AvgIpc) is 2.68. The van der Waals surface area contributed by atoms with Gasteiger partial charge in [-0.1, -0.05) is 30.3 Å².